The third-order valence-corrected chi connectivity index (χ3v) is 7.49. The lowest BCUT2D eigenvalue weighted by Gasteiger charge is -2.08. The van der Waals surface area contributed by atoms with E-state index in [1.54, 1.807) is 24.3 Å². The lowest BCUT2D eigenvalue weighted by atomic mass is 10.1. The standard InChI is InChI=1S/C24H26N4O3S2/c1-16-15-17(2)26-24(25-16)32-21-10-8-19(9-11-21)27-23(29)14-5-18-3-12-22(13-4-18)33(30,31)28-20-6-7-20/h3-4,8-13,15,20,28H,5-7,14H2,1-2H3,(H,27,29). The van der Waals surface area contributed by atoms with Crippen molar-refractivity contribution in [2.24, 2.45) is 0 Å². The van der Waals surface area contributed by atoms with Gasteiger partial charge in [0.15, 0.2) is 5.16 Å². The highest BCUT2D eigenvalue weighted by molar-refractivity contribution is 7.99. The van der Waals surface area contributed by atoms with Crippen LogP contribution in [-0.2, 0) is 21.2 Å². The van der Waals surface area contributed by atoms with E-state index in [-0.39, 0.29) is 16.8 Å². The maximum Gasteiger partial charge on any atom is 0.240 e. The van der Waals surface area contributed by atoms with Gasteiger partial charge in [0.1, 0.15) is 0 Å². The fraction of sp³-hybridized carbons (Fsp3) is 0.292. The second-order valence-corrected chi connectivity index (χ2v) is 10.9. The molecule has 0 saturated heterocycles. The molecule has 1 aliphatic carbocycles. The van der Waals surface area contributed by atoms with Gasteiger partial charge in [0.05, 0.1) is 4.90 Å². The van der Waals surface area contributed by atoms with E-state index >= 15 is 0 Å². The number of sulfonamides is 1. The maximum absolute atomic E-state index is 12.3. The number of hydrogen-bond donors (Lipinski definition) is 2. The number of anilines is 1. The average Bonchev–Trinajstić information content (AvgIpc) is 3.57. The van der Waals surface area contributed by atoms with Crippen molar-refractivity contribution >= 4 is 33.4 Å². The molecule has 2 aromatic carbocycles. The molecule has 172 valence electrons. The third-order valence-electron chi connectivity index (χ3n) is 5.08. The minimum Gasteiger partial charge on any atom is -0.326 e. The topological polar surface area (TPSA) is 101 Å². The second-order valence-electron chi connectivity index (χ2n) is 8.15. The van der Waals surface area contributed by atoms with Crippen LogP contribution < -0.4 is 10.0 Å². The number of aryl methyl sites for hydroxylation is 3. The highest BCUT2D eigenvalue weighted by Crippen LogP contribution is 2.26. The lowest BCUT2D eigenvalue weighted by Crippen LogP contribution is -2.25. The summed E-state index contributed by atoms with van der Waals surface area (Å²) in [6, 6.07) is 16.3. The van der Waals surface area contributed by atoms with Gasteiger partial charge in [-0.25, -0.2) is 23.1 Å². The Balaban J connectivity index is 1.27. The van der Waals surface area contributed by atoms with Crippen molar-refractivity contribution < 1.29 is 13.2 Å². The van der Waals surface area contributed by atoms with Gasteiger partial charge in [0.25, 0.3) is 0 Å². The first-order valence-corrected chi connectivity index (χ1v) is 13.1. The van der Waals surface area contributed by atoms with Crippen LogP contribution in [0.2, 0.25) is 0 Å². The summed E-state index contributed by atoms with van der Waals surface area (Å²) in [7, 11) is -3.45. The van der Waals surface area contributed by atoms with Crippen molar-refractivity contribution in [3.63, 3.8) is 0 Å². The Morgan fingerprint density at radius 1 is 1.00 bits per heavy atom. The first-order valence-electron chi connectivity index (χ1n) is 10.8. The van der Waals surface area contributed by atoms with Gasteiger partial charge < -0.3 is 5.32 Å². The normalized spacial score (nSPS) is 13.6. The molecule has 0 radical (unpaired) electrons. The van der Waals surface area contributed by atoms with Gasteiger partial charge in [-0.1, -0.05) is 12.1 Å². The number of nitrogens with one attached hydrogen (secondary N) is 2. The van der Waals surface area contributed by atoms with E-state index in [2.05, 4.69) is 20.0 Å². The molecule has 1 saturated carbocycles. The third kappa shape index (κ3) is 6.86. The molecule has 0 bridgehead atoms. The summed E-state index contributed by atoms with van der Waals surface area (Å²) in [5.74, 6) is -0.0971. The zero-order chi connectivity index (χ0) is 23.4. The van der Waals surface area contributed by atoms with Crippen LogP contribution in [0.25, 0.3) is 0 Å². The number of rotatable bonds is 9. The molecule has 0 aliphatic heterocycles. The smallest absolute Gasteiger partial charge is 0.240 e. The highest BCUT2D eigenvalue weighted by atomic mass is 32.2. The molecule has 1 aliphatic rings. The Morgan fingerprint density at radius 2 is 1.64 bits per heavy atom. The van der Waals surface area contributed by atoms with Crippen LogP contribution in [0.4, 0.5) is 5.69 Å². The number of hydrogen-bond acceptors (Lipinski definition) is 6. The number of nitrogens with zero attached hydrogens (tertiary/aromatic N) is 2. The maximum atomic E-state index is 12.3. The number of benzene rings is 2. The number of carbonyl (C=O) groups excluding carboxylic acids is 1. The first kappa shape index (κ1) is 23.4. The number of carbonyl (C=O) groups is 1. The van der Waals surface area contributed by atoms with Gasteiger partial charge in [0, 0.05) is 34.4 Å². The minimum absolute atomic E-state index is 0.0751. The summed E-state index contributed by atoms with van der Waals surface area (Å²) in [4.78, 5) is 22.5. The Hall–Kier alpha value is -2.75. The zero-order valence-electron chi connectivity index (χ0n) is 18.5. The summed E-state index contributed by atoms with van der Waals surface area (Å²) in [6.45, 7) is 3.89. The van der Waals surface area contributed by atoms with Gasteiger partial charge in [-0.2, -0.15) is 0 Å². The van der Waals surface area contributed by atoms with Gasteiger partial charge >= 0.3 is 0 Å². The van der Waals surface area contributed by atoms with E-state index in [9.17, 15) is 13.2 Å². The summed E-state index contributed by atoms with van der Waals surface area (Å²) in [5, 5.41) is 3.60. The van der Waals surface area contributed by atoms with Crippen LogP contribution in [0, 0.1) is 13.8 Å². The fourth-order valence-electron chi connectivity index (χ4n) is 3.26. The van der Waals surface area contributed by atoms with Crippen LogP contribution in [0.5, 0.6) is 0 Å². The van der Waals surface area contributed by atoms with Gasteiger partial charge in [-0.15, -0.1) is 0 Å². The van der Waals surface area contributed by atoms with Crippen molar-refractivity contribution in [3.05, 3.63) is 71.5 Å². The summed E-state index contributed by atoms with van der Waals surface area (Å²) >= 11 is 1.48. The Labute approximate surface area is 198 Å². The summed E-state index contributed by atoms with van der Waals surface area (Å²) < 4.78 is 27.1. The van der Waals surface area contributed by atoms with E-state index in [4.69, 9.17) is 0 Å². The van der Waals surface area contributed by atoms with Crippen molar-refractivity contribution in [1.82, 2.24) is 14.7 Å². The Morgan fingerprint density at radius 3 is 2.24 bits per heavy atom. The van der Waals surface area contributed by atoms with E-state index in [0.717, 1.165) is 40.4 Å². The fourth-order valence-corrected chi connectivity index (χ4v) is 5.42. The highest BCUT2D eigenvalue weighted by Gasteiger charge is 2.27. The Bertz CT molecular complexity index is 1220. The molecule has 1 fully saturated rings. The molecule has 0 unspecified atom stereocenters. The molecule has 0 spiro atoms. The molecular formula is C24H26N4O3S2. The average molecular weight is 483 g/mol. The van der Waals surface area contributed by atoms with Crippen molar-refractivity contribution in [3.8, 4) is 0 Å². The van der Waals surface area contributed by atoms with Gasteiger partial charge in [-0.05, 0) is 92.9 Å². The largest absolute Gasteiger partial charge is 0.326 e. The first-order chi connectivity index (χ1) is 15.8. The van der Waals surface area contributed by atoms with E-state index < -0.39 is 10.0 Å². The monoisotopic (exact) mass is 482 g/mol. The molecule has 1 aromatic heterocycles. The molecule has 9 heteroatoms. The molecule has 0 atom stereocenters. The van der Waals surface area contributed by atoms with Gasteiger partial charge in [0.2, 0.25) is 15.9 Å². The van der Waals surface area contributed by atoms with Crippen molar-refractivity contribution in [2.45, 2.75) is 60.5 Å². The summed E-state index contributed by atoms with van der Waals surface area (Å²) in [5.41, 5.74) is 3.49. The zero-order valence-corrected chi connectivity index (χ0v) is 20.2. The van der Waals surface area contributed by atoms with Crippen LogP contribution in [-0.4, -0.2) is 30.3 Å². The van der Waals surface area contributed by atoms with E-state index in [1.165, 1.54) is 11.8 Å². The molecule has 1 amide bonds. The predicted molar refractivity (Wildman–Crippen MR) is 129 cm³/mol. The quantitative estimate of drug-likeness (QED) is 0.442. The molecule has 7 nitrogen and oxygen atoms in total. The van der Waals surface area contributed by atoms with E-state index in [1.807, 2.05) is 44.2 Å². The SMILES string of the molecule is Cc1cc(C)nc(Sc2ccc(NC(=O)CCc3ccc(S(=O)(=O)NC4CC4)cc3)cc2)n1. The van der Waals surface area contributed by atoms with E-state index in [0.29, 0.717) is 18.0 Å². The van der Waals surface area contributed by atoms with Crippen molar-refractivity contribution in [1.29, 1.82) is 0 Å². The predicted octanol–water partition coefficient (Wildman–Crippen LogP) is 4.26. The second kappa shape index (κ2) is 10.0. The van der Waals surface area contributed by atoms with Crippen LogP contribution >= 0.6 is 11.8 Å². The Kier molecular flexibility index (Phi) is 7.11. The lowest BCUT2D eigenvalue weighted by molar-refractivity contribution is -0.116. The number of aromatic nitrogens is 2. The molecule has 1 heterocycles. The summed E-state index contributed by atoms with van der Waals surface area (Å²) in [6.07, 6.45) is 2.63. The van der Waals surface area contributed by atoms with Crippen LogP contribution in [0.15, 0.2) is 69.5 Å². The molecule has 33 heavy (non-hydrogen) atoms. The molecule has 4 rings (SSSR count). The molecule has 3 aromatic rings. The number of amides is 1. The van der Waals surface area contributed by atoms with Crippen molar-refractivity contribution in [2.75, 3.05) is 5.32 Å². The van der Waals surface area contributed by atoms with Crippen LogP contribution in [0.3, 0.4) is 0 Å². The molecule has 2 N–H and O–H groups in total. The van der Waals surface area contributed by atoms with Gasteiger partial charge in [-0.3, -0.25) is 4.79 Å². The van der Waals surface area contributed by atoms with Crippen LogP contribution in [0.1, 0.15) is 36.2 Å². The minimum atomic E-state index is -3.45. The molecular weight excluding hydrogens is 456 g/mol.